The molecule has 108 valence electrons. The molecule has 0 spiro atoms. The van der Waals surface area contributed by atoms with Gasteiger partial charge in [0.2, 0.25) is 6.10 Å². The van der Waals surface area contributed by atoms with Crippen molar-refractivity contribution in [2.45, 2.75) is 31.4 Å². The molecule has 2 heterocycles. The van der Waals surface area contributed by atoms with Gasteiger partial charge in [0, 0.05) is 12.6 Å². The number of amides is 1. The Bertz CT molecular complexity index is 472. The third kappa shape index (κ3) is 3.04. The lowest BCUT2D eigenvalue weighted by Crippen LogP contribution is -2.44. The minimum absolute atomic E-state index is 0.0995. The van der Waals surface area contributed by atoms with Gasteiger partial charge in [-0.05, 0) is 37.9 Å². The summed E-state index contributed by atoms with van der Waals surface area (Å²) in [6.45, 7) is 2.04. The van der Waals surface area contributed by atoms with E-state index in [4.69, 9.17) is 9.47 Å². The molecular weight excluding hydrogens is 256 g/mol. The first kappa shape index (κ1) is 13.2. The Morgan fingerprint density at radius 3 is 3.00 bits per heavy atom. The van der Waals surface area contributed by atoms with Gasteiger partial charge in [0.15, 0.2) is 11.5 Å². The van der Waals surface area contributed by atoms with Crippen LogP contribution in [0.15, 0.2) is 24.3 Å². The monoisotopic (exact) mass is 276 g/mol. The number of carbonyl (C=O) groups is 1. The maximum Gasteiger partial charge on any atom is 0.264 e. The van der Waals surface area contributed by atoms with Crippen molar-refractivity contribution >= 4 is 5.91 Å². The van der Waals surface area contributed by atoms with Crippen LogP contribution >= 0.6 is 0 Å². The van der Waals surface area contributed by atoms with E-state index in [9.17, 15) is 4.79 Å². The molecule has 1 saturated heterocycles. The van der Waals surface area contributed by atoms with Crippen molar-refractivity contribution in [3.8, 4) is 11.5 Å². The van der Waals surface area contributed by atoms with Crippen molar-refractivity contribution < 1.29 is 14.3 Å². The van der Waals surface area contributed by atoms with Crippen molar-refractivity contribution in [1.29, 1.82) is 0 Å². The van der Waals surface area contributed by atoms with Crippen LogP contribution in [0.5, 0.6) is 11.5 Å². The number of carbonyl (C=O) groups excluding carboxylic acids is 1. The Balaban J connectivity index is 1.46. The number of ether oxygens (including phenoxy) is 2. The number of hydrogen-bond donors (Lipinski definition) is 2. The quantitative estimate of drug-likeness (QED) is 0.864. The molecule has 3 rings (SSSR count). The molecule has 2 N–H and O–H groups in total. The van der Waals surface area contributed by atoms with Crippen LogP contribution < -0.4 is 20.1 Å². The zero-order valence-electron chi connectivity index (χ0n) is 11.4. The Hall–Kier alpha value is -1.75. The highest BCUT2D eigenvalue weighted by molar-refractivity contribution is 5.81. The van der Waals surface area contributed by atoms with Crippen LogP contribution in [0.3, 0.4) is 0 Å². The Labute approximate surface area is 118 Å². The van der Waals surface area contributed by atoms with Gasteiger partial charge in [0.1, 0.15) is 6.61 Å². The van der Waals surface area contributed by atoms with Crippen LogP contribution in [-0.4, -0.2) is 37.7 Å². The van der Waals surface area contributed by atoms with Gasteiger partial charge in [-0.3, -0.25) is 4.79 Å². The summed E-state index contributed by atoms with van der Waals surface area (Å²) in [5.41, 5.74) is 0. The Morgan fingerprint density at radius 2 is 2.20 bits per heavy atom. The van der Waals surface area contributed by atoms with E-state index < -0.39 is 6.10 Å². The van der Waals surface area contributed by atoms with Gasteiger partial charge in [0.25, 0.3) is 5.91 Å². The number of para-hydroxylation sites is 2. The van der Waals surface area contributed by atoms with Crippen molar-refractivity contribution in [1.82, 2.24) is 10.6 Å². The molecule has 0 bridgehead atoms. The molecule has 1 aromatic rings. The second-order valence-electron chi connectivity index (χ2n) is 5.24. The fourth-order valence-corrected chi connectivity index (χ4v) is 2.64. The van der Waals surface area contributed by atoms with Crippen LogP contribution in [0.4, 0.5) is 0 Å². The SMILES string of the molecule is O=C(NCC[C@@H]1CCCN1)C1COc2ccccc2O1. The number of fused-ring (bicyclic) bond motifs is 1. The third-order valence-electron chi connectivity index (χ3n) is 3.76. The average molecular weight is 276 g/mol. The van der Waals surface area contributed by atoms with Crippen LogP contribution in [0, 0.1) is 0 Å². The molecule has 5 heteroatoms. The Kier molecular flexibility index (Phi) is 4.06. The first-order valence-corrected chi connectivity index (χ1v) is 7.22. The van der Waals surface area contributed by atoms with Gasteiger partial charge >= 0.3 is 0 Å². The second-order valence-corrected chi connectivity index (χ2v) is 5.24. The minimum Gasteiger partial charge on any atom is -0.485 e. The van der Waals surface area contributed by atoms with Gasteiger partial charge in [-0.25, -0.2) is 0 Å². The van der Waals surface area contributed by atoms with Gasteiger partial charge in [-0.15, -0.1) is 0 Å². The Morgan fingerprint density at radius 1 is 1.35 bits per heavy atom. The van der Waals surface area contributed by atoms with E-state index in [0.717, 1.165) is 13.0 Å². The fourth-order valence-electron chi connectivity index (χ4n) is 2.64. The maximum absolute atomic E-state index is 12.0. The summed E-state index contributed by atoms with van der Waals surface area (Å²) in [6.07, 6.45) is 2.85. The molecule has 2 atom stereocenters. The fraction of sp³-hybridized carbons (Fsp3) is 0.533. The molecule has 20 heavy (non-hydrogen) atoms. The van der Waals surface area contributed by atoms with Crippen LogP contribution in [0.1, 0.15) is 19.3 Å². The van der Waals surface area contributed by atoms with Crippen molar-refractivity contribution in [3.63, 3.8) is 0 Å². The lowest BCUT2D eigenvalue weighted by Gasteiger charge is -2.25. The van der Waals surface area contributed by atoms with E-state index in [1.54, 1.807) is 0 Å². The minimum atomic E-state index is -0.554. The number of benzene rings is 1. The highest BCUT2D eigenvalue weighted by Gasteiger charge is 2.27. The van der Waals surface area contributed by atoms with E-state index >= 15 is 0 Å². The number of hydrogen-bond acceptors (Lipinski definition) is 4. The summed E-state index contributed by atoms with van der Waals surface area (Å²) in [5.74, 6) is 1.24. The molecule has 0 radical (unpaired) electrons. The van der Waals surface area contributed by atoms with Gasteiger partial charge < -0.3 is 20.1 Å². The molecule has 2 aliphatic rings. The summed E-state index contributed by atoms with van der Waals surface area (Å²) < 4.78 is 11.2. The zero-order valence-corrected chi connectivity index (χ0v) is 11.4. The lowest BCUT2D eigenvalue weighted by molar-refractivity contribution is -0.130. The molecule has 1 aromatic carbocycles. The predicted molar refractivity (Wildman–Crippen MR) is 75.0 cm³/mol. The van der Waals surface area contributed by atoms with E-state index in [1.165, 1.54) is 12.8 Å². The van der Waals surface area contributed by atoms with Crippen LogP contribution in [0.25, 0.3) is 0 Å². The summed E-state index contributed by atoms with van der Waals surface area (Å²) in [5, 5.41) is 6.34. The highest BCUT2D eigenvalue weighted by atomic mass is 16.6. The molecule has 2 aliphatic heterocycles. The molecule has 0 aliphatic carbocycles. The molecular formula is C15H20N2O3. The zero-order chi connectivity index (χ0) is 13.8. The van der Waals surface area contributed by atoms with E-state index in [0.29, 0.717) is 24.1 Å². The van der Waals surface area contributed by atoms with Gasteiger partial charge in [0.05, 0.1) is 0 Å². The highest BCUT2D eigenvalue weighted by Crippen LogP contribution is 2.30. The summed E-state index contributed by atoms with van der Waals surface area (Å²) >= 11 is 0. The molecule has 0 saturated carbocycles. The summed E-state index contributed by atoms with van der Waals surface area (Å²) in [6, 6.07) is 7.96. The topological polar surface area (TPSA) is 59.6 Å². The van der Waals surface area contributed by atoms with E-state index in [-0.39, 0.29) is 12.5 Å². The standard InChI is InChI=1S/C15H20N2O3/c18-15(17-9-7-11-4-3-8-16-11)14-10-19-12-5-1-2-6-13(12)20-14/h1-2,5-6,11,14,16H,3-4,7-10H2,(H,17,18)/t11-,14?/m0/s1. The molecule has 5 nitrogen and oxygen atoms in total. The predicted octanol–water partition coefficient (Wildman–Crippen LogP) is 1.08. The van der Waals surface area contributed by atoms with Crippen LogP contribution in [-0.2, 0) is 4.79 Å². The van der Waals surface area contributed by atoms with Crippen molar-refractivity contribution in [2.75, 3.05) is 19.7 Å². The van der Waals surface area contributed by atoms with Crippen molar-refractivity contribution in [2.24, 2.45) is 0 Å². The summed E-state index contributed by atoms with van der Waals surface area (Å²) in [7, 11) is 0. The lowest BCUT2D eigenvalue weighted by atomic mass is 10.1. The molecule has 0 aromatic heterocycles. The molecule has 1 fully saturated rings. The second kappa shape index (κ2) is 6.13. The number of nitrogens with one attached hydrogen (secondary N) is 2. The normalized spacial score (nSPS) is 24.4. The van der Waals surface area contributed by atoms with E-state index in [2.05, 4.69) is 10.6 Å². The first-order chi connectivity index (χ1) is 9.83. The van der Waals surface area contributed by atoms with Gasteiger partial charge in [-0.2, -0.15) is 0 Å². The van der Waals surface area contributed by atoms with Gasteiger partial charge in [-0.1, -0.05) is 12.1 Å². The van der Waals surface area contributed by atoms with E-state index in [1.807, 2.05) is 24.3 Å². The number of rotatable bonds is 4. The maximum atomic E-state index is 12.0. The third-order valence-corrected chi connectivity index (χ3v) is 3.76. The van der Waals surface area contributed by atoms with Crippen molar-refractivity contribution in [3.05, 3.63) is 24.3 Å². The smallest absolute Gasteiger partial charge is 0.264 e. The van der Waals surface area contributed by atoms with Crippen LogP contribution in [0.2, 0.25) is 0 Å². The average Bonchev–Trinajstić information content (AvgIpc) is 3.00. The molecule has 1 amide bonds. The largest absolute Gasteiger partial charge is 0.485 e. The molecule has 1 unspecified atom stereocenters. The first-order valence-electron chi connectivity index (χ1n) is 7.22. The summed E-state index contributed by atoms with van der Waals surface area (Å²) in [4.78, 5) is 12.0.